The molecule has 3 rings (SSSR count). The summed E-state index contributed by atoms with van der Waals surface area (Å²) < 4.78 is 14.0. The van der Waals surface area contributed by atoms with Crippen molar-refractivity contribution in [1.82, 2.24) is 19.8 Å². The second kappa shape index (κ2) is 8.82. The molecule has 0 radical (unpaired) electrons. The van der Waals surface area contributed by atoms with Gasteiger partial charge in [-0.15, -0.1) is 0 Å². The molecule has 0 unspecified atom stereocenters. The zero-order chi connectivity index (χ0) is 21.1. The Kier molecular flexibility index (Phi) is 6.42. The maximum Gasteiger partial charge on any atom is 0.276 e. The number of benzene rings is 1. The summed E-state index contributed by atoms with van der Waals surface area (Å²) in [5.41, 5.74) is 3.85. The molecule has 1 aromatic carbocycles. The smallest absolute Gasteiger partial charge is 0.276 e. The van der Waals surface area contributed by atoms with Gasteiger partial charge in [0.05, 0.1) is 22.3 Å². The summed E-state index contributed by atoms with van der Waals surface area (Å²) in [5, 5.41) is 8.46. The predicted octanol–water partition coefficient (Wildman–Crippen LogP) is 4.43. The van der Waals surface area contributed by atoms with Crippen LogP contribution in [0.3, 0.4) is 0 Å². The molecule has 0 N–H and O–H groups in total. The summed E-state index contributed by atoms with van der Waals surface area (Å²) in [6.07, 6.45) is 1.90. The summed E-state index contributed by atoms with van der Waals surface area (Å²) in [6.45, 7) is 9.13. The molecule has 0 atom stereocenters. The molecule has 0 saturated heterocycles. The Labute approximate surface area is 178 Å². The van der Waals surface area contributed by atoms with Crippen LogP contribution in [0, 0.1) is 20.8 Å². The minimum Gasteiger partial charge on any atom is -0.488 e. The van der Waals surface area contributed by atoms with Gasteiger partial charge in [0.15, 0.2) is 5.69 Å². The lowest BCUT2D eigenvalue weighted by Gasteiger charge is -2.16. The summed E-state index contributed by atoms with van der Waals surface area (Å²) in [4.78, 5) is 14.6. The molecule has 7 nitrogen and oxygen atoms in total. The van der Waals surface area contributed by atoms with E-state index in [1.165, 1.54) is 0 Å². The van der Waals surface area contributed by atoms with Crippen LogP contribution in [0.25, 0.3) is 0 Å². The van der Waals surface area contributed by atoms with Crippen LogP contribution < -0.4 is 4.74 Å². The number of carbonyl (C=O) groups excluding carboxylic acids is 1. The minimum atomic E-state index is -0.237. The number of hydrogen-bond acceptors (Lipinski definition) is 5. The van der Waals surface area contributed by atoms with Crippen molar-refractivity contribution in [2.45, 2.75) is 47.4 Å². The number of aromatic nitrogens is 3. The minimum absolute atomic E-state index is 0.211. The van der Waals surface area contributed by atoms with Crippen LogP contribution in [0.1, 0.15) is 45.6 Å². The first-order valence-electron chi connectivity index (χ1n) is 9.42. The first-order chi connectivity index (χ1) is 13.8. The van der Waals surface area contributed by atoms with Crippen LogP contribution in [0.2, 0.25) is 0 Å². The Morgan fingerprint density at radius 2 is 2.07 bits per heavy atom. The number of rotatable bonds is 7. The first kappa shape index (κ1) is 21.1. The predicted molar refractivity (Wildman–Crippen MR) is 113 cm³/mol. The molecule has 0 spiro atoms. The fourth-order valence-corrected chi connectivity index (χ4v) is 3.37. The highest BCUT2D eigenvalue weighted by Gasteiger charge is 2.24. The molecule has 2 aromatic heterocycles. The van der Waals surface area contributed by atoms with Crippen molar-refractivity contribution in [3.63, 3.8) is 0 Å². The molecule has 2 heterocycles. The van der Waals surface area contributed by atoms with E-state index in [9.17, 15) is 4.79 Å². The molecule has 0 aliphatic heterocycles. The topological polar surface area (TPSA) is 73.4 Å². The van der Waals surface area contributed by atoms with Gasteiger partial charge in [0.1, 0.15) is 18.1 Å². The normalized spacial score (nSPS) is 11.0. The lowest BCUT2D eigenvalue weighted by Crippen LogP contribution is -2.28. The van der Waals surface area contributed by atoms with Gasteiger partial charge in [-0.3, -0.25) is 9.48 Å². The molecule has 0 fully saturated rings. The molecule has 0 bridgehead atoms. The molecule has 8 heteroatoms. The van der Waals surface area contributed by atoms with Crippen molar-refractivity contribution in [2.75, 3.05) is 7.05 Å². The number of carbonyl (C=O) groups is 1. The molecule has 29 heavy (non-hydrogen) atoms. The van der Waals surface area contributed by atoms with Gasteiger partial charge in [-0.05, 0) is 60.8 Å². The Balaban J connectivity index is 1.76. The number of nitrogens with zero attached hydrogens (tertiary/aromatic N) is 4. The summed E-state index contributed by atoms with van der Waals surface area (Å²) in [7, 11) is 1.72. The van der Waals surface area contributed by atoms with Crippen LogP contribution in [0.15, 0.2) is 33.4 Å². The van der Waals surface area contributed by atoms with Gasteiger partial charge in [0, 0.05) is 19.8 Å². The molecule has 3 aromatic rings. The van der Waals surface area contributed by atoms with Crippen LogP contribution >= 0.6 is 15.9 Å². The van der Waals surface area contributed by atoms with E-state index in [0.29, 0.717) is 17.9 Å². The highest BCUT2D eigenvalue weighted by atomic mass is 79.9. The van der Waals surface area contributed by atoms with Gasteiger partial charge in [-0.25, -0.2) is 0 Å². The highest BCUT2D eigenvalue weighted by Crippen LogP contribution is 2.24. The van der Waals surface area contributed by atoms with Crippen LogP contribution in [-0.2, 0) is 19.7 Å². The number of ether oxygens (including phenoxy) is 1. The molecule has 1 amide bonds. The summed E-state index contributed by atoms with van der Waals surface area (Å²) in [5.74, 6) is 1.12. The monoisotopic (exact) mass is 460 g/mol. The standard InChI is InChI=1S/C21H25BrN4O3/c1-6-26-10-17(22)18(23-26)11-25(5)21(27)20-16(15(4)29-24-20)12-28-19-9-13(2)7-8-14(19)3/h7-10H,6,11-12H2,1-5H3. The van der Waals surface area contributed by atoms with Gasteiger partial charge in [-0.1, -0.05) is 17.3 Å². The number of hydrogen-bond donors (Lipinski definition) is 0. The van der Waals surface area contributed by atoms with Crippen LogP contribution in [-0.4, -0.2) is 32.8 Å². The van der Waals surface area contributed by atoms with E-state index in [1.807, 2.05) is 49.8 Å². The molecule has 0 aliphatic rings. The average Bonchev–Trinajstić information content (AvgIpc) is 3.24. The third-order valence-electron chi connectivity index (χ3n) is 4.75. The number of aryl methyl sites for hydroxylation is 4. The van der Waals surface area contributed by atoms with E-state index in [-0.39, 0.29) is 18.2 Å². The van der Waals surface area contributed by atoms with Gasteiger partial charge in [0.2, 0.25) is 0 Å². The molecule has 154 valence electrons. The second-order valence-corrected chi connectivity index (χ2v) is 7.92. The Morgan fingerprint density at radius 3 is 2.76 bits per heavy atom. The third-order valence-corrected chi connectivity index (χ3v) is 5.41. The third kappa shape index (κ3) is 4.70. The van der Waals surface area contributed by atoms with Crippen molar-refractivity contribution in [3.8, 4) is 5.75 Å². The van der Waals surface area contributed by atoms with Gasteiger partial charge in [0.25, 0.3) is 5.91 Å². The molecule has 0 aliphatic carbocycles. The van der Waals surface area contributed by atoms with E-state index in [0.717, 1.165) is 33.6 Å². The molecular formula is C21H25BrN4O3. The maximum absolute atomic E-state index is 13.0. The van der Waals surface area contributed by atoms with Gasteiger partial charge >= 0.3 is 0 Å². The Morgan fingerprint density at radius 1 is 1.31 bits per heavy atom. The van der Waals surface area contributed by atoms with Crippen molar-refractivity contribution in [2.24, 2.45) is 0 Å². The maximum atomic E-state index is 13.0. The zero-order valence-electron chi connectivity index (χ0n) is 17.3. The number of halogens is 1. The highest BCUT2D eigenvalue weighted by molar-refractivity contribution is 9.10. The van der Waals surface area contributed by atoms with Crippen LogP contribution in [0.4, 0.5) is 0 Å². The second-order valence-electron chi connectivity index (χ2n) is 7.06. The van der Waals surface area contributed by atoms with Crippen LogP contribution in [0.5, 0.6) is 5.75 Å². The Bertz CT molecular complexity index is 1030. The van der Waals surface area contributed by atoms with E-state index in [2.05, 4.69) is 26.2 Å². The Hall–Kier alpha value is -2.61. The SMILES string of the molecule is CCn1cc(Br)c(CN(C)C(=O)c2noc(C)c2COc2cc(C)ccc2C)n1. The lowest BCUT2D eigenvalue weighted by molar-refractivity contribution is 0.0770. The fourth-order valence-electron chi connectivity index (χ4n) is 2.93. The van der Waals surface area contributed by atoms with Crippen molar-refractivity contribution < 1.29 is 14.1 Å². The van der Waals surface area contributed by atoms with Gasteiger partial charge < -0.3 is 14.2 Å². The van der Waals surface area contributed by atoms with Crippen molar-refractivity contribution >= 4 is 21.8 Å². The summed E-state index contributed by atoms with van der Waals surface area (Å²) >= 11 is 3.50. The molecular weight excluding hydrogens is 436 g/mol. The summed E-state index contributed by atoms with van der Waals surface area (Å²) in [6, 6.07) is 6.03. The first-order valence-corrected chi connectivity index (χ1v) is 10.2. The largest absolute Gasteiger partial charge is 0.488 e. The lowest BCUT2D eigenvalue weighted by atomic mass is 10.1. The fraction of sp³-hybridized carbons (Fsp3) is 0.381. The van der Waals surface area contributed by atoms with E-state index < -0.39 is 0 Å². The zero-order valence-corrected chi connectivity index (χ0v) is 18.9. The van der Waals surface area contributed by atoms with Crippen molar-refractivity contribution in [3.05, 3.63) is 62.7 Å². The number of amides is 1. The van der Waals surface area contributed by atoms with Gasteiger partial charge in [-0.2, -0.15) is 5.10 Å². The molecule has 0 saturated carbocycles. The van der Waals surface area contributed by atoms with Crippen molar-refractivity contribution in [1.29, 1.82) is 0 Å². The van der Waals surface area contributed by atoms with E-state index in [4.69, 9.17) is 9.26 Å². The van der Waals surface area contributed by atoms with E-state index in [1.54, 1.807) is 18.9 Å². The van der Waals surface area contributed by atoms with E-state index >= 15 is 0 Å². The quantitative estimate of drug-likeness (QED) is 0.521. The average molecular weight is 461 g/mol.